The van der Waals surface area contributed by atoms with Gasteiger partial charge in [-0.2, -0.15) is 0 Å². The van der Waals surface area contributed by atoms with Crippen LogP contribution in [0.2, 0.25) is 0 Å². The van der Waals surface area contributed by atoms with Gasteiger partial charge in [-0.1, -0.05) is 0 Å². The number of likely N-dealkylation sites (tertiary alicyclic amines) is 2. The topological polar surface area (TPSA) is 74.5 Å². The predicted molar refractivity (Wildman–Crippen MR) is 174 cm³/mol. The van der Waals surface area contributed by atoms with Gasteiger partial charge in [-0.05, 0) is 109 Å². The number of hydrogen-bond acceptors (Lipinski definition) is 6. The molecule has 3 fully saturated rings. The number of piperidine rings is 3. The van der Waals surface area contributed by atoms with E-state index in [0.717, 1.165) is 43.5 Å². The highest BCUT2D eigenvalue weighted by atomic mass is 16.3. The minimum Gasteiger partial charge on any atom is -0.393 e. The monoisotopic (exact) mass is 571 g/mol. The first kappa shape index (κ1) is 32.3. The van der Waals surface area contributed by atoms with Gasteiger partial charge in [0.1, 0.15) is 22.2 Å². The van der Waals surface area contributed by atoms with E-state index in [9.17, 15) is 5.11 Å². The van der Waals surface area contributed by atoms with E-state index < -0.39 is 0 Å². The Balaban J connectivity index is 2.08. The fraction of sp³-hybridized carbons (Fsp3) is 0.879. The van der Waals surface area contributed by atoms with Gasteiger partial charge in [-0.15, -0.1) is 15.0 Å². The molecule has 0 aromatic carbocycles. The summed E-state index contributed by atoms with van der Waals surface area (Å²) >= 11 is 0. The Morgan fingerprint density at radius 1 is 0.683 bits per heavy atom. The van der Waals surface area contributed by atoms with Gasteiger partial charge >= 0.3 is 11.9 Å². The van der Waals surface area contributed by atoms with Crippen molar-refractivity contribution in [1.29, 1.82) is 0 Å². The second-order valence-corrected chi connectivity index (χ2v) is 17.6. The molecule has 0 radical (unpaired) electrons. The Kier molecular flexibility index (Phi) is 7.42. The molecular formula is C33H61N7O+2. The van der Waals surface area contributed by atoms with E-state index in [4.69, 9.17) is 15.0 Å². The van der Waals surface area contributed by atoms with Crippen LogP contribution in [0.15, 0.2) is 4.99 Å². The van der Waals surface area contributed by atoms with E-state index in [1.165, 1.54) is 6.42 Å². The predicted octanol–water partition coefficient (Wildman–Crippen LogP) is 6.43. The molecule has 4 rings (SSSR count). The zero-order chi connectivity index (χ0) is 31.2. The quantitative estimate of drug-likeness (QED) is 0.333. The van der Waals surface area contributed by atoms with Crippen LogP contribution in [-0.4, -0.2) is 86.3 Å². The number of nitrogens with zero attached hydrogens (tertiary/aromatic N) is 7. The lowest BCUT2D eigenvalue weighted by molar-refractivity contribution is -0.0630. The summed E-state index contributed by atoms with van der Waals surface area (Å²) in [6.45, 7) is 31.7. The third-order valence-electron chi connectivity index (χ3n) is 12.4. The minimum atomic E-state index is -0.347. The molecule has 0 unspecified atom stereocenters. The number of aliphatic imine (C=N–C) groups is 1. The number of anilines is 1. The van der Waals surface area contributed by atoms with Gasteiger partial charge in [0.2, 0.25) is 5.95 Å². The molecule has 0 atom stereocenters. The molecule has 8 heteroatoms. The van der Waals surface area contributed by atoms with Crippen molar-refractivity contribution in [2.24, 2.45) is 4.99 Å². The van der Waals surface area contributed by atoms with Crippen LogP contribution >= 0.6 is 0 Å². The molecule has 3 saturated heterocycles. The first-order chi connectivity index (χ1) is 18.4. The largest absolute Gasteiger partial charge is 0.393 e. The van der Waals surface area contributed by atoms with Crippen molar-refractivity contribution >= 4 is 24.6 Å². The van der Waals surface area contributed by atoms with Crippen molar-refractivity contribution in [2.45, 2.75) is 173 Å². The average Bonchev–Trinajstić information content (AvgIpc) is 2.77. The van der Waals surface area contributed by atoms with Crippen molar-refractivity contribution in [3.63, 3.8) is 0 Å². The summed E-state index contributed by atoms with van der Waals surface area (Å²) in [6.07, 6.45) is 6.27. The first-order valence-corrected chi connectivity index (χ1v) is 15.8. The molecule has 1 N–H and O–H groups in total. The van der Waals surface area contributed by atoms with Gasteiger partial charge in [0.15, 0.2) is 0 Å². The van der Waals surface area contributed by atoms with E-state index in [1.807, 2.05) is 0 Å². The fourth-order valence-corrected chi connectivity index (χ4v) is 9.45. The Labute approximate surface area is 250 Å². The van der Waals surface area contributed by atoms with Gasteiger partial charge in [0.25, 0.3) is 0 Å². The molecule has 1 aromatic rings. The highest BCUT2D eigenvalue weighted by Gasteiger charge is 2.62. The van der Waals surface area contributed by atoms with Crippen LogP contribution in [0.25, 0.3) is 0 Å². The van der Waals surface area contributed by atoms with E-state index in [-0.39, 0.29) is 45.4 Å². The summed E-state index contributed by atoms with van der Waals surface area (Å²) in [5.41, 5.74) is -1.12. The molecule has 0 bridgehead atoms. The lowest BCUT2D eigenvalue weighted by atomic mass is 9.75. The molecular weight excluding hydrogens is 510 g/mol. The lowest BCUT2D eigenvalue weighted by Crippen LogP contribution is -2.76. The van der Waals surface area contributed by atoms with Gasteiger partial charge < -0.3 is 10.0 Å². The van der Waals surface area contributed by atoms with Gasteiger partial charge in [0, 0.05) is 36.8 Å². The van der Waals surface area contributed by atoms with Crippen LogP contribution in [0.1, 0.15) is 128 Å². The molecule has 0 spiro atoms. The molecule has 3 aliphatic heterocycles. The molecule has 0 saturated carbocycles. The summed E-state index contributed by atoms with van der Waals surface area (Å²) in [4.78, 5) is 23.5. The van der Waals surface area contributed by atoms with Crippen molar-refractivity contribution in [1.82, 2.24) is 23.9 Å². The van der Waals surface area contributed by atoms with Crippen molar-refractivity contribution in [3.8, 4) is 0 Å². The number of hydrogen-bond donors (Lipinski definition) is 1. The molecule has 3 aliphatic rings. The number of quaternary nitrogens is 2. The minimum absolute atomic E-state index is 0.0515. The van der Waals surface area contributed by atoms with Crippen molar-refractivity contribution in [2.75, 3.05) is 19.0 Å². The Hall–Kier alpha value is -1.64. The molecule has 4 heterocycles. The maximum absolute atomic E-state index is 11.0. The third-order valence-corrected chi connectivity index (χ3v) is 12.4. The van der Waals surface area contributed by atoms with Crippen molar-refractivity contribution in [3.05, 3.63) is 0 Å². The normalized spacial score (nSPS) is 33.2. The maximum atomic E-state index is 11.0. The zero-order valence-corrected chi connectivity index (χ0v) is 28.9. The van der Waals surface area contributed by atoms with E-state index in [2.05, 4.69) is 114 Å². The molecule has 1 aromatic heterocycles. The standard InChI is InChI=1S/C33H61N7O/c1-28(2)19-23(34-13)20-29(3,4)38(28)25-35-26(39(14)30(5,6)17-16-18-31(39,7)8)37-27(36-25)40(15)32(9,10)21-24(41)22-33(40,11)12/h23-24,41H,13,16-22H2,1-12,14-15H3/q+2. The summed E-state index contributed by atoms with van der Waals surface area (Å²) in [5, 5.41) is 11.0. The smallest absolute Gasteiger partial charge is 0.339 e. The second kappa shape index (κ2) is 9.43. The lowest BCUT2D eigenvalue weighted by Gasteiger charge is -2.60. The van der Waals surface area contributed by atoms with Crippen LogP contribution in [0, 0.1) is 0 Å². The number of aliphatic hydroxyl groups excluding tert-OH is 1. The summed E-state index contributed by atoms with van der Waals surface area (Å²) < 4.78 is 1.18. The van der Waals surface area contributed by atoms with Crippen molar-refractivity contribution < 1.29 is 5.11 Å². The molecule has 0 aliphatic carbocycles. The molecule has 8 nitrogen and oxygen atoms in total. The Morgan fingerprint density at radius 3 is 1.46 bits per heavy atom. The molecule has 232 valence electrons. The molecule has 0 amide bonds. The Morgan fingerprint density at radius 2 is 1.07 bits per heavy atom. The van der Waals surface area contributed by atoms with Gasteiger partial charge in [-0.25, -0.2) is 0 Å². The summed E-state index contributed by atoms with van der Waals surface area (Å²) in [5.74, 6) is 2.42. The summed E-state index contributed by atoms with van der Waals surface area (Å²) in [6, 6.07) is 0.201. The highest BCUT2D eigenvalue weighted by molar-refractivity contribution is 5.51. The van der Waals surface area contributed by atoms with Crippen LogP contribution in [0.4, 0.5) is 17.8 Å². The second-order valence-electron chi connectivity index (χ2n) is 17.6. The van der Waals surface area contributed by atoms with Gasteiger partial charge in [0.05, 0.1) is 26.2 Å². The highest BCUT2D eigenvalue weighted by Crippen LogP contribution is 2.51. The van der Waals surface area contributed by atoms with E-state index in [1.54, 1.807) is 0 Å². The third kappa shape index (κ3) is 4.66. The fourth-order valence-electron chi connectivity index (χ4n) is 9.45. The SMILES string of the molecule is C=NC1CC(C)(C)N(c2nc([N+]3(C)C(C)(C)CCCC3(C)C)nc([N+]3(C)C(C)(C)CC(O)CC3(C)C)n2)C(C)(C)C1. The van der Waals surface area contributed by atoms with Crippen LogP contribution in [0.3, 0.4) is 0 Å². The molecule has 41 heavy (non-hydrogen) atoms. The Bertz CT molecular complexity index is 1130. The maximum Gasteiger partial charge on any atom is 0.339 e. The number of aromatic nitrogens is 3. The van der Waals surface area contributed by atoms with E-state index >= 15 is 0 Å². The summed E-state index contributed by atoms with van der Waals surface area (Å²) in [7, 11) is 4.63. The number of aliphatic hydroxyl groups is 1. The van der Waals surface area contributed by atoms with Crippen LogP contribution in [0.5, 0.6) is 0 Å². The average molecular weight is 572 g/mol. The van der Waals surface area contributed by atoms with E-state index in [0.29, 0.717) is 21.8 Å². The van der Waals surface area contributed by atoms with Crippen LogP contribution in [-0.2, 0) is 0 Å². The van der Waals surface area contributed by atoms with Crippen LogP contribution < -0.4 is 13.9 Å². The van der Waals surface area contributed by atoms with Gasteiger partial charge in [-0.3, -0.25) is 14.0 Å². The zero-order valence-electron chi connectivity index (χ0n) is 28.9. The number of rotatable bonds is 4. The first-order valence-electron chi connectivity index (χ1n) is 15.8.